The number of nitrogens with one attached hydrogen (secondary N) is 1. The zero-order valence-electron chi connectivity index (χ0n) is 20.1. The van der Waals surface area contributed by atoms with Crippen LogP contribution in [0.2, 0.25) is 0 Å². The zero-order chi connectivity index (χ0) is 24.0. The number of anilines is 1. The van der Waals surface area contributed by atoms with Crippen molar-refractivity contribution in [3.8, 4) is 11.3 Å². The first kappa shape index (κ1) is 24.6. The highest BCUT2D eigenvalue weighted by Gasteiger charge is 2.32. The van der Waals surface area contributed by atoms with E-state index in [4.69, 9.17) is 9.47 Å². The zero-order valence-corrected chi connectivity index (χ0v) is 20.1. The number of carbonyl (C=O) groups excluding carboxylic acids is 2. The van der Waals surface area contributed by atoms with E-state index in [1.165, 1.54) is 0 Å². The molecule has 2 heterocycles. The summed E-state index contributed by atoms with van der Waals surface area (Å²) < 4.78 is 12.4. The lowest BCUT2D eigenvalue weighted by Crippen LogP contribution is -2.48. The molecule has 180 valence electrons. The van der Waals surface area contributed by atoms with Crippen LogP contribution >= 0.6 is 0 Å². The van der Waals surface area contributed by atoms with Gasteiger partial charge in [0.2, 0.25) is 0 Å². The molecule has 0 aliphatic heterocycles. The third-order valence-electron chi connectivity index (χ3n) is 5.37. The Bertz CT molecular complexity index is 929. The molecule has 10 heteroatoms. The number of carbonyl (C=O) groups is 2. The molecular formula is C23H34N6O4. The van der Waals surface area contributed by atoms with Crippen molar-refractivity contribution in [3.05, 3.63) is 24.8 Å². The van der Waals surface area contributed by atoms with Crippen molar-refractivity contribution in [1.82, 2.24) is 25.1 Å². The van der Waals surface area contributed by atoms with Crippen molar-refractivity contribution in [2.24, 2.45) is 7.05 Å². The van der Waals surface area contributed by atoms with Crippen LogP contribution in [0, 0.1) is 0 Å². The highest BCUT2D eigenvalue weighted by Crippen LogP contribution is 2.28. The average Bonchev–Trinajstić information content (AvgIpc) is 3.19. The normalized spacial score (nSPS) is 18.6. The Kier molecular flexibility index (Phi) is 8.01. The van der Waals surface area contributed by atoms with Gasteiger partial charge in [0, 0.05) is 37.5 Å². The molecule has 1 aliphatic rings. The van der Waals surface area contributed by atoms with E-state index in [1.807, 2.05) is 40.9 Å². The lowest BCUT2D eigenvalue weighted by molar-refractivity contribution is -0.123. The molecule has 1 saturated carbocycles. The molecule has 0 atom stereocenters. The summed E-state index contributed by atoms with van der Waals surface area (Å²) in [6.07, 6.45) is 9.38. The minimum Gasteiger partial charge on any atom is -0.444 e. The van der Waals surface area contributed by atoms with Crippen LogP contribution in [0.25, 0.3) is 11.3 Å². The van der Waals surface area contributed by atoms with E-state index in [9.17, 15) is 9.59 Å². The highest BCUT2D eigenvalue weighted by atomic mass is 16.6. The second kappa shape index (κ2) is 10.7. The fourth-order valence-corrected chi connectivity index (χ4v) is 3.88. The quantitative estimate of drug-likeness (QED) is 0.679. The van der Waals surface area contributed by atoms with Crippen molar-refractivity contribution in [3.63, 3.8) is 0 Å². The molecular weight excluding hydrogens is 424 g/mol. The van der Waals surface area contributed by atoms with Gasteiger partial charge in [-0.1, -0.05) is 0 Å². The number of alkyl carbamates (subject to hydrolysis) is 1. The maximum Gasteiger partial charge on any atom is 0.407 e. The SMILES string of the molecule is CCOCC(=O)N(c1cnc(-c2cnn(C)c2)cn1)C1CCC(NC(=O)OC(C)(C)C)CC1. The van der Waals surface area contributed by atoms with Crippen LogP contribution in [-0.2, 0) is 21.3 Å². The van der Waals surface area contributed by atoms with Crippen LogP contribution in [0.4, 0.5) is 10.6 Å². The van der Waals surface area contributed by atoms with E-state index in [0.717, 1.165) is 31.2 Å². The standard InChI is InChI=1S/C23H34N6O4/c1-6-32-15-21(30)29(20-13-24-19(12-25-20)16-11-26-28(5)14-16)18-9-7-17(8-10-18)27-22(31)33-23(2,3)4/h11-14,17-18H,6-10,15H2,1-5H3,(H,27,31). The number of hydrogen-bond donors (Lipinski definition) is 1. The topological polar surface area (TPSA) is 111 Å². The summed E-state index contributed by atoms with van der Waals surface area (Å²) in [6.45, 7) is 7.81. The maximum atomic E-state index is 13.0. The predicted molar refractivity (Wildman–Crippen MR) is 124 cm³/mol. The minimum absolute atomic E-state index is 0.0129. The van der Waals surface area contributed by atoms with Crippen LogP contribution < -0.4 is 10.2 Å². The second-order valence-corrected chi connectivity index (χ2v) is 9.22. The summed E-state index contributed by atoms with van der Waals surface area (Å²) >= 11 is 0. The third-order valence-corrected chi connectivity index (χ3v) is 5.37. The molecule has 0 radical (unpaired) electrons. The molecule has 2 aromatic rings. The van der Waals surface area contributed by atoms with Crippen molar-refractivity contribution < 1.29 is 19.1 Å². The lowest BCUT2D eigenvalue weighted by atomic mass is 9.90. The van der Waals surface area contributed by atoms with Gasteiger partial charge in [0.05, 0.1) is 24.3 Å². The summed E-state index contributed by atoms with van der Waals surface area (Å²) in [7, 11) is 1.84. The second-order valence-electron chi connectivity index (χ2n) is 9.22. The highest BCUT2D eigenvalue weighted by molar-refractivity contribution is 5.94. The molecule has 1 fully saturated rings. The first-order valence-corrected chi connectivity index (χ1v) is 11.4. The fourth-order valence-electron chi connectivity index (χ4n) is 3.88. The van der Waals surface area contributed by atoms with Crippen molar-refractivity contribution in [1.29, 1.82) is 0 Å². The fraction of sp³-hybridized carbons (Fsp3) is 0.609. The van der Waals surface area contributed by atoms with Gasteiger partial charge in [-0.05, 0) is 53.4 Å². The van der Waals surface area contributed by atoms with E-state index in [0.29, 0.717) is 18.1 Å². The molecule has 2 aromatic heterocycles. The Morgan fingerprint density at radius 1 is 1.15 bits per heavy atom. The van der Waals surface area contributed by atoms with E-state index < -0.39 is 11.7 Å². The van der Waals surface area contributed by atoms with E-state index >= 15 is 0 Å². The van der Waals surface area contributed by atoms with Crippen LogP contribution in [0.5, 0.6) is 0 Å². The molecule has 0 spiro atoms. The summed E-state index contributed by atoms with van der Waals surface area (Å²) in [5.74, 6) is 0.347. The number of aryl methyl sites for hydroxylation is 1. The van der Waals surface area contributed by atoms with Gasteiger partial charge in [0.25, 0.3) is 5.91 Å². The molecule has 0 bridgehead atoms. The number of nitrogens with zero attached hydrogens (tertiary/aromatic N) is 5. The van der Waals surface area contributed by atoms with Gasteiger partial charge in [-0.2, -0.15) is 5.10 Å². The predicted octanol–water partition coefficient (Wildman–Crippen LogP) is 3.08. The van der Waals surface area contributed by atoms with Crippen molar-refractivity contribution >= 4 is 17.8 Å². The molecule has 0 unspecified atom stereocenters. The first-order chi connectivity index (χ1) is 15.7. The van der Waals surface area contributed by atoms with E-state index in [-0.39, 0.29) is 24.6 Å². The molecule has 3 rings (SSSR count). The lowest BCUT2D eigenvalue weighted by Gasteiger charge is -2.36. The number of ether oxygens (including phenoxy) is 2. The Labute approximate surface area is 194 Å². The van der Waals surface area contributed by atoms with Crippen LogP contribution in [-0.4, -0.2) is 62.6 Å². The van der Waals surface area contributed by atoms with Gasteiger partial charge in [-0.3, -0.25) is 19.4 Å². The van der Waals surface area contributed by atoms with Crippen LogP contribution in [0.1, 0.15) is 53.4 Å². The molecule has 33 heavy (non-hydrogen) atoms. The maximum absolute atomic E-state index is 13.0. The van der Waals surface area contributed by atoms with Crippen LogP contribution in [0.3, 0.4) is 0 Å². The smallest absolute Gasteiger partial charge is 0.407 e. The summed E-state index contributed by atoms with van der Waals surface area (Å²) in [5, 5.41) is 7.10. The largest absolute Gasteiger partial charge is 0.444 e. The van der Waals surface area contributed by atoms with Crippen LogP contribution in [0.15, 0.2) is 24.8 Å². The monoisotopic (exact) mass is 458 g/mol. The molecule has 1 aliphatic carbocycles. The summed E-state index contributed by atoms with van der Waals surface area (Å²) in [6, 6.07) is -0.0350. The van der Waals surface area contributed by atoms with Crippen molar-refractivity contribution in [2.75, 3.05) is 18.1 Å². The Morgan fingerprint density at radius 3 is 2.42 bits per heavy atom. The molecule has 1 N–H and O–H groups in total. The number of aromatic nitrogens is 4. The third kappa shape index (κ3) is 6.98. The van der Waals surface area contributed by atoms with Gasteiger partial charge in [-0.15, -0.1) is 0 Å². The summed E-state index contributed by atoms with van der Waals surface area (Å²) in [5.41, 5.74) is 1.01. The molecule has 10 nitrogen and oxygen atoms in total. The Hall–Kier alpha value is -3.01. The number of amides is 2. The first-order valence-electron chi connectivity index (χ1n) is 11.4. The van der Waals surface area contributed by atoms with Gasteiger partial charge < -0.3 is 14.8 Å². The molecule has 0 aromatic carbocycles. The molecule has 2 amide bonds. The van der Waals surface area contributed by atoms with Gasteiger partial charge in [0.1, 0.15) is 12.2 Å². The van der Waals surface area contributed by atoms with Crippen molar-refractivity contribution in [2.45, 2.75) is 71.1 Å². The summed E-state index contributed by atoms with van der Waals surface area (Å²) in [4.78, 5) is 35.8. The number of hydrogen-bond acceptors (Lipinski definition) is 7. The van der Waals surface area contributed by atoms with Gasteiger partial charge in [0.15, 0.2) is 5.82 Å². The van der Waals surface area contributed by atoms with Gasteiger partial charge in [-0.25, -0.2) is 9.78 Å². The minimum atomic E-state index is -0.537. The average molecular weight is 459 g/mol. The van der Waals surface area contributed by atoms with E-state index in [2.05, 4.69) is 20.4 Å². The number of rotatable bonds is 7. The van der Waals surface area contributed by atoms with Gasteiger partial charge >= 0.3 is 6.09 Å². The Balaban J connectivity index is 1.69. The Morgan fingerprint density at radius 2 is 1.88 bits per heavy atom. The van der Waals surface area contributed by atoms with E-state index in [1.54, 1.807) is 28.2 Å². The molecule has 0 saturated heterocycles.